The monoisotopic (exact) mass is 394 g/mol. The minimum absolute atomic E-state index is 0.200. The number of rotatable bonds is 4. The minimum Gasteiger partial charge on any atom is -0.335 e. The number of carbonyl (C=O) groups excluding carboxylic acids is 1. The number of hydrogen-bond donors (Lipinski definition) is 2. The van der Waals surface area contributed by atoms with Gasteiger partial charge < -0.3 is 10.2 Å². The van der Waals surface area contributed by atoms with Crippen LogP contribution in [0.4, 0.5) is 5.69 Å². The number of likely N-dealkylation sites (N-methyl/N-ethyl adjacent to an activating group) is 1. The third kappa shape index (κ3) is 4.07. The Morgan fingerprint density at radius 1 is 1.08 bits per heavy atom. The van der Waals surface area contributed by atoms with Crippen molar-refractivity contribution in [3.8, 4) is 0 Å². The molecule has 3 rings (SSSR count). The lowest BCUT2D eigenvalue weighted by molar-refractivity contribution is -0.883. The summed E-state index contributed by atoms with van der Waals surface area (Å²) in [6.45, 7) is 2.58. The number of hydrogen-bond acceptors (Lipinski definition) is 3. The van der Waals surface area contributed by atoms with Crippen molar-refractivity contribution in [2.24, 2.45) is 0 Å². The van der Waals surface area contributed by atoms with Gasteiger partial charge in [0, 0.05) is 5.56 Å². The normalized spacial score (nSPS) is 16.4. The van der Waals surface area contributed by atoms with Crippen LogP contribution in [0.3, 0.4) is 0 Å². The van der Waals surface area contributed by atoms with Crippen LogP contribution in [-0.2, 0) is 10.0 Å². The molecule has 2 aromatic carbocycles. The first kappa shape index (κ1) is 18.8. The number of halogens is 1. The lowest BCUT2D eigenvalue weighted by atomic mass is 10.2. The molecule has 0 aromatic heterocycles. The van der Waals surface area contributed by atoms with Crippen LogP contribution in [0.5, 0.6) is 0 Å². The zero-order valence-corrected chi connectivity index (χ0v) is 16.0. The van der Waals surface area contributed by atoms with Crippen LogP contribution in [0.25, 0.3) is 0 Å². The molecule has 0 saturated carbocycles. The summed E-state index contributed by atoms with van der Waals surface area (Å²) in [5.74, 6) is -0.342. The van der Waals surface area contributed by atoms with E-state index in [2.05, 4.69) is 12.4 Å². The van der Waals surface area contributed by atoms with E-state index in [-0.39, 0.29) is 10.8 Å². The molecule has 0 unspecified atom stereocenters. The van der Waals surface area contributed by atoms with Gasteiger partial charge in [0.25, 0.3) is 5.91 Å². The van der Waals surface area contributed by atoms with Gasteiger partial charge in [0.2, 0.25) is 10.0 Å². The Morgan fingerprint density at radius 3 is 2.31 bits per heavy atom. The van der Waals surface area contributed by atoms with Gasteiger partial charge in [-0.05, 0) is 36.4 Å². The average molecular weight is 395 g/mol. The van der Waals surface area contributed by atoms with Crippen molar-refractivity contribution < 1.29 is 18.1 Å². The molecular formula is C18H21ClN3O3S+. The van der Waals surface area contributed by atoms with E-state index in [1.807, 2.05) is 0 Å². The summed E-state index contributed by atoms with van der Waals surface area (Å²) in [5.41, 5.74) is 0.877. The fourth-order valence-corrected chi connectivity index (χ4v) is 4.42. The topological polar surface area (TPSA) is 70.9 Å². The first-order valence-electron chi connectivity index (χ1n) is 8.35. The van der Waals surface area contributed by atoms with Crippen LogP contribution < -0.4 is 10.2 Å². The van der Waals surface area contributed by atoms with Crippen LogP contribution in [0.15, 0.2) is 53.4 Å². The van der Waals surface area contributed by atoms with Gasteiger partial charge in [0.05, 0.1) is 48.8 Å². The quantitative estimate of drug-likeness (QED) is 0.816. The third-order valence-electron chi connectivity index (χ3n) is 4.45. The summed E-state index contributed by atoms with van der Waals surface area (Å²) >= 11 is 6.04. The average Bonchev–Trinajstić information content (AvgIpc) is 2.64. The molecule has 6 nitrogen and oxygen atoms in total. The molecule has 8 heteroatoms. The summed E-state index contributed by atoms with van der Waals surface area (Å²) in [4.78, 5) is 13.9. The Kier molecular flexibility index (Phi) is 5.62. The highest BCUT2D eigenvalue weighted by Crippen LogP contribution is 2.22. The number of quaternary nitrogens is 1. The molecule has 0 spiro atoms. The molecule has 0 atom stereocenters. The van der Waals surface area contributed by atoms with Crippen molar-refractivity contribution in [3.63, 3.8) is 0 Å². The summed E-state index contributed by atoms with van der Waals surface area (Å²) in [7, 11) is -1.47. The predicted octanol–water partition coefficient (Wildman–Crippen LogP) is 1.11. The first-order chi connectivity index (χ1) is 12.4. The molecule has 138 valence electrons. The number of nitrogens with zero attached hydrogens (tertiary/aromatic N) is 1. The summed E-state index contributed by atoms with van der Waals surface area (Å²) < 4.78 is 26.9. The van der Waals surface area contributed by atoms with Gasteiger partial charge in [-0.15, -0.1) is 0 Å². The Morgan fingerprint density at radius 2 is 1.69 bits per heavy atom. The van der Waals surface area contributed by atoms with Crippen LogP contribution >= 0.6 is 11.6 Å². The second-order valence-corrected chi connectivity index (χ2v) is 8.66. The van der Waals surface area contributed by atoms with Crippen molar-refractivity contribution >= 4 is 33.2 Å². The van der Waals surface area contributed by atoms with Crippen molar-refractivity contribution in [1.82, 2.24) is 4.31 Å². The van der Waals surface area contributed by atoms with E-state index >= 15 is 0 Å². The standard InChI is InChI=1S/C18H20ClN3O3S/c1-21-10-12-22(13-11-21)26(24,25)15-8-6-14(7-9-15)18(23)20-17-5-3-2-4-16(17)19/h2-9H,10-13H2,1H3,(H,20,23)/p+1. The summed E-state index contributed by atoms with van der Waals surface area (Å²) in [5, 5.41) is 3.16. The number of anilines is 1. The van der Waals surface area contributed by atoms with E-state index in [1.165, 1.54) is 33.5 Å². The van der Waals surface area contributed by atoms with E-state index in [9.17, 15) is 13.2 Å². The molecule has 0 bridgehead atoms. The van der Waals surface area contributed by atoms with Crippen LogP contribution in [0.2, 0.25) is 5.02 Å². The summed E-state index contributed by atoms with van der Waals surface area (Å²) in [6, 6.07) is 12.9. The minimum atomic E-state index is -3.53. The van der Waals surface area contributed by atoms with Gasteiger partial charge >= 0.3 is 0 Å². The molecule has 1 fully saturated rings. The Hall–Kier alpha value is -1.93. The molecular weight excluding hydrogens is 374 g/mol. The highest BCUT2D eigenvalue weighted by atomic mass is 35.5. The molecule has 2 N–H and O–H groups in total. The molecule has 2 aromatic rings. The molecule has 0 aliphatic carbocycles. The maximum absolute atomic E-state index is 12.7. The molecule has 1 heterocycles. The third-order valence-corrected chi connectivity index (χ3v) is 6.69. The van der Waals surface area contributed by atoms with Gasteiger partial charge in [-0.1, -0.05) is 23.7 Å². The van der Waals surface area contributed by atoms with Gasteiger partial charge in [0.15, 0.2) is 0 Å². The number of para-hydroxylation sites is 1. The number of carbonyl (C=O) groups is 1. The Labute approximate surface area is 158 Å². The van der Waals surface area contributed by atoms with E-state index in [0.29, 0.717) is 29.4 Å². The zero-order chi connectivity index (χ0) is 18.7. The highest BCUT2D eigenvalue weighted by Gasteiger charge is 2.29. The Bertz CT molecular complexity index is 892. The molecule has 0 radical (unpaired) electrons. The van der Waals surface area contributed by atoms with Crippen LogP contribution in [-0.4, -0.2) is 51.9 Å². The molecule has 26 heavy (non-hydrogen) atoms. The smallest absolute Gasteiger partial charge is 0.255 e. The van der Waals surface area contributed by atoms with Crippen LogP contribution in [0, 0.1) is 0 Å². The lowest BCUT2D eigenvalue weighted by Crippen LogP contribution is -3.12. The first-order valence-corrected chi connectivity index (χ1v) is 10.2. The van der Waals surface area contributed by atoms with Gasteiger partial charge in [-0.3, -0.25) is 4.79 Å². The second-order valence-electron chi connectivity index (χ2n) is 6.32. The largest absolute Gasteiger partial charge is 0.335 e. The number of nitrogens with one attached hydrogen (secondary N) is 2. The van der Waals surface area contributed by atoms with Crippen molar-refractivity contribution in [1.29, 1.82) is 0 Å². The maximum atomic E-state index is 12.7. The fourth-order valence-electron chi connectivity index (χ4n) is 2.79. The van der Waals surface area contributed by atoms with E-state index in [1.54, 1.807) is 24.3 Å². The maximum Gasteiger partial charge on any atom is 0.255 e. The second kappa shape index (κ2) is 7.75. The van der Waals surface area contributed by atoms with Crippen molar-refractivity contribution in [3.05, 3.63) is 59.1 Å². The number of amides is 1. The van der Waals surface area contributed by atoms with Crippen molar-refractivity contribution in [2.45, 2.75) is 4.90 Å². The predicted molar refractivity (Wildman–Crippen MR) is 101 cm³/mol. The van der Waals surface area contributed by atoms with Crippen LogP contribution in [0.1, 0.15) is 10.4 Å². The lowest BCUT2D eigenvalue weighted by Gasteiger charge is -2.29. The SMILES string of the molecule is C[NH+]1CCN(S(=O)(=O)c2ccc(C(=O)Nc3ccccc3Cl)cc2)CC1. The summed E-state index contributed by atoms with van der Waals surface area (Å²) in [6.07, 6.45) is 0. The van der Waals surface area contributed by atoms with Gasteiger partial charge in [-0.2, -0.15) is 4.31 Å². The highest BCUT2D eigenvalue weighted by molar-refractivity contribution is 7.89. The van der Waals surface area contributed by atoms with E-state index in [4.69, 9.17) is 11.6 Å². The van der Waals surface area contributed by atoms with E-state index in [0.717, 1.165) is 13.1 Å². The zero-order valence-electron chi connectivity index (χ0n) is 14.4. The number of sulfonamides is 1. The fraction of sp³-hybridized carbons (Fsp3) is 0.278. The Balaban J connectivity index is 1.74. The number of piperazine rings is 1. The van der Waals surface area contributed by atoms with Crippen molar-refractivity contribution in [2.75, 3.05) is 38.5 Å². The van der Waals surface area contributed by atoms with E-state index < -0.39 is 10.0 Å². The molecule has 1 amide bonds. The number of benzene rings is 2. The van der Waals surface area contributed by atoms with Gasteiger partial charge in [0.1, 0.15) is 0 Å². The molecule has 1 aliphatic heterocycles. The molecule has 1 aliphatic rings. The van der Waals surface area contributed by atoms with Gasteiger partial charge in [-0.25, -0.2) is 8.42 Å². The molecule has 1 saturated heterocycles.